The fourth-order valence-electron chi connectivity index (χ4n) is 2.09. The van der Waals surface area contributed by atoms with E-state index in [0.717, 1.165) is 16.6 Å². The lowest BCUT2D eigenvalue weighted by Crippen LogP contribution is -2.38. The van der Waals surface area contributed by atoms with Crippen LogP contribution in [0.25, 0.3) is 0 Å². The number of sulfonamides is 1. The van der Waals surface area contributed by atoms with Crippen molar-refractivity contribution in [2.24, 2.45) is 0 Å². The Kier molecular flexibility index (Phi) is 5.80. The predicted octanol–water partition coefficient (Wildman–Crippen LogP) is 2.68. The topological polar surface area (TPSA) is 66.5 Å². The summed E-state index contributed by atoms with van der Waals surface area (Å²) in [5.74, 6) is -0.938. The van der Waals surface area contributed by atoms with Gasteiger partial charge in [0.25, 0.3) is 5.91 Å². The Morgan fingerprint density at radius 3 is 2.46 bits per heavy atom. The molecule has 0 radical (unpaired) electrons. The van der Waals surface area contributed by atoms with E-state index in [2.05, 4.69) is 5.32 Å². The molecule has 24 heavy (non-hydrogen) atoms. The maximum Gasteiger partial charge on any atom is 0.251 e. The van der Waals surface area contributed by atoms with Gasteiger partial charge >= 0.3 is 0 Å². The van der Waals surface area contributed by atoms with E-state index in [1.807, 2.05) is 0 Å². The quantitative estimate of drug-likeness (QED) is 0.850. The van der Waals surface area contributed by atoms with Crippen LogP contribution in [-0.4, -0.2) is 33.7 Å². The van der Waals surface area contributed by atoms with E-state index in [4.69, 9.17) is 11.6 Å². The molecule has 0 unspecified atom stereocenters. The summed E-state index contributed by atoms with van der Waals surface area (Å²) < 4.78 is 38.2. The number of rotatable bonds is 6. The molecular formula is C16H16ClFN2O3S. The number of hydrogen-bond donors (Lipinski definition) is 1. The molecule has 1 amide bonds. The molecule has 0 fully saturated rings. The summed E-state index contributed by atoms with van der Waals surface area (Å²) in [7, 11) is -3.61. The lowest BCUT2D eigenvalue weighted by Gasteiger charge is -2.22. The van der Waals surface area contributed by atoms with E-state index in [9.17, 15) is 17.6 Å². The van der Waals surface area contributed by atoms with Crippen molar-refractivity contribution in [3.8, 4) is 0 Å². The summed E-state index contributed by atoms with van der Waals surface area (Å²) in [5, 5.41) is 2.47. The molecule has 2 aromatic carbocycles. The molecule has 0 saturated carbocycles. The normalized spacial score (nSPS) is 11.1. The molecular weight excluding hydrogens is 355 g/mol. The van der Waals surface area contributed by atoms with Gasteiger partial charge < -0.3 is 5.32 Å². The van der Waals surface area contributed by atoms with E-state index >= 15 is 0 Å². The highest BCUT2D eigenvalue weighted by Crippen LogP contribution is 2.24. The first-order valence-corrected chi connectivity index (χ1v) is 9.27. The van der Waals surface area contributed by atoms with E-state index < -0.39 is 15.8 Å². The van der Waals surface area contributed by atoms with Crippen LogP contribution in [0.1, 0.15) is 10.4 Å². The maximum absolute atomic E-state index is 13.2. The number of anilines is 1. The highest BCUT2D eigenvalue weighted by atomic mass is 35.5. The number of nitrogens with one attached hydrogen (secondary N) is 1. The van der Waals surface area contributed by atoms with Crippen LogP contribution in [0.5, 0.6) is 0 Å². The fraction of sp³-hybridized carbons (Fsp3) is 0.188. The molecule has 0 aromatic heterocycles. The number of benzene rings is 2. The molecule has 0 bridgehead atoms. The zero-order valence-corrected chi connectivity index (χ0v) is 14.4. The molecule has 0 saturated heterocycles. The van der Waals surface area contributed by atoms with Crippen molar-refractivity contribution in [2.45, 2.75) is 0 Å². The zero-order chi connectivity index (χ0) is 17.7. The second-order valence-electron chi connectivity index (χ2n) is 5.06. The van der Waals surface area contributed by atoms with Crippen LogP contribution in [0.15, 0.2) is 48.5 Å². The van der Waals surface area contributed by atoms with Gasteiger partial charge in [-0.2, -0.15) is 0 Å². The van der Waals surface area contributed by atoms with Gasteiger partial charge in [0, 0.05) is 12.1 Å². The highest BCUT2D eigenvalue weighted by Gasteiger charge is 2.18. The SMILES string of the molecule is CS(=O)(=O)N(CCNC(=O)c1ccccc1)c1ccc(F)c(Cl)c1. The van der Waals surface area contributed by atoms with E-state index in [-0.39, 0.29) is 29.7 Å². The van der Waals surface area contributed by atoms with Crippen LogP contribution in [0.2, 0.25) is 5.02 Å². The van der Waals surface area contributed by atoms with Gasteiger partial charge in [-0.3, -0.25) is 9.10 Å². The van der Waals surface area contributed by atoms with Crippen molar-refractivity contribution in [1.29, 1.82) is 0 Å². The van der Waals surface area contributed by atoms with Crippen LogP contribution in [0.4, 0.5) is 10.1 Å². The Labute approximate surface area is 145 Å². The monoisotopic (exact) mass is 370 g/mol. The molecule has 128 valence electrons. The average Bonchev–Trinajstić information content (AvgIpc) is 2.54. The van der Waals surface area contributed by atoms with E-state index in [0.29, 0.717) is 5.56 Å². The average molecular weight is 371 g/mol. The molecule has 0 heterocycles. The molecule has 0 aliphatic heterocycles. The van der Waals surface area contributed by atoms with Crippen LogP contribution in [-0.2, 0) is 10.0 Å². The van der Waals surface area contributed by atoms with Crippen molar-refractivity contribution in [3.05, 3.63) is 64.9 Å². The Morgan fingerprint density at radius 1 is 1.21 bits per heavy atom. The summed E-state index contributed by atoms with van der Waals surface area (Å²) >= 11 is 5.71. The van der Waals surface area contributed by atoms with Gasteiger partial charge in [-0.05, 0) is 30.3 Å². The van der Waals surface area contributed by atoms with Crippen LogP contribution >= 0.6 is 11.6 Å². The third-order valence-electron chi connectivity index (χ3n) is 3.23. The minimum atomic E-state index is -3.61. The molecule has 2 rings (SSSR count). The minimum absolute atomic E-state index is 0.000627. The molecule has 0 aliphatic carbocycles. The standard InChI is InChI=1S/C16H16ClFN2O3S/c1-24(22,23)20(13-7-8-15(18)14(17)11-13)10-9-19-16(21)12-5-3-2-4-6-12/h2-8,11H,9-10H2,1H3,(H,19,21). The van der Waals surface area contributed by atoms with Gasteiger partial charge in [-0.15, -0.1) is 0 Å². The van der Waals surface area contributed by atoms with Crippen molar-refractivity contribution in [3.63, 3.8) is 0 Å². The van der Waals surface area contributed by atoms with Crippen molar-refractivity contribution >= 4 is 33.2 Å². The van der Waals surface area contributed by atoms with Gasteiger partial charge in [-0.25, -0.2) is 12.8 Å². The Balaban J connectivity index is 2.08. The number of nitrogens with zero attached hydrogens (tertiary/aromatic N) is 1. The molecule has 0 spiro atoms. The largest absolute Gasteiger partial charge is 0.350 e. The number of carbonyl (C=O) groups is 1. The van der Waals surface area contributed by atoms with E-state index in [1.54, 1.807) is 30.3 Å². The van der Waals surface area contributed by atoms with Crippen LogP contribution in [0, 0.1) is 5.82 Å². The number of hydrogen-bond acceptors (Lipinski definition) is 3. The van der Waals surface area contributed by atoms with Gasteiger partial charge in [0.1, 0.15) is 5.82 Å². The Morgan fingerprint density at radius 2 is 1.88 bits per heavy atom. The zero-order valence-electron chi connectivity index (χ0n) is 12.9. The molecule has 8 heteroatoms. The Bertz CT molecular complexity index is 828. The van der Waals surface area contributed by atoms with Gasteiger partial charge in [0.15, 0.2) is 0 Å². The lowest BCUT2D eigenvalue weighted by atomic mass is 10.2. The minimum Gasteiger partial charge on any atom is -0.350 e. The fourth-order valence-corrected chi connectivity index (χ4v) is 3.18. The molecule has 1 N–H and O–H groups in total. The molecule has 0 aliphatic rings. The third kappa shape index (κ3) is 4.69. The van der Waals surface area contributed by atoms with Crippen molar-refractivity contribution < 1.29 is 17.6 Å². The highest BCUT2D eigenvalue weighted by molar-refractivity contribution is 7.92. The van der Waals surface area contributed by atoms with Crippen LogP contribution in [0.3, 0.4) is 0 Å². The molecule has 2 aromatic rings. The number of halogens is 2. The summed E-state index contributed by atoms with van der Waals surface area (Å²) in [6.45, 7) is 0.0924. The first-order chi connectivity index (χ1) is 11.3. The van der Waals surface area contributed by atoms with Gasteiger partial charge in [0.2, 0.25) is 10.0 Å². The summed E-state index contributed by atoms with van der Waals surface area (Å²) in [5.41, 5.74) is 0.714. The summed E-state index contributed by atoms with van der Waals surface area (Å²) in [6, 6.07) is 12.2. The van der Waals surface area contributed by atoms with Crippen molar-refractivity contribution in [1.82, 2.24) is 5.32 Å². The smallest absolute Gasteiger partial charge is 0.251 e. The number of amides is 1. The van der Waals surface area contributed by atoms with Crippen LogP contribution < -0.4 is 9.62 Å². The lowest BCUT2D eigenvalue weighted by molar-refractivity contribution is 0.0955. The second kappa shape index (κ2) is 7.63. The second-order valence-corrected chi connectivity index (χ2v) is 7.37. The van der Waals surface area contributed by atoms with Gasteiger partial charge in [0.05, 0.1) is 23.5 Å². The maximum atomic E-state index is 13.2. The number of carbonyl (C=O) groups excluding carboxylic acids is 1. The summed E-state index contributed by atoms with van der Waals surface area (Å²) in [6.07, 6.45) is 1.03. The van der Waals surface area contributed by atoms with E-state index in [1.165, 1.54) is 12.1 Å². The molecule has 0 atom stereocenters. The first kappa shape index (κ1) is 18.2. The predicted molar refractivity (Wildman–Crippen MR) is 92.4 cm³/mol. The van der Waals surface area contributed by atoms with Crippen molar-refractivity contribution in [2.75, 3.05) is 23.7 Å². The first-order valence-electron chi connectivity index (χ1n) is 7.05. The Hall–Kier alpha value is -2.12. The third-order valence-corrected chi connectivity index (χ3v) is 4.71. The molecule has 5 nitrogen and oxygen atoms in total. The summed E-state index contributed by atoms with van der Waals surface area (Å²) in [4.78, 5) is 12.0. The van der Waals surface area contributed by atoms with Gasteiger partial charge in [-0.1, -0.05) is 29.8 Å².